The van der Waals surface area contributed by atoms with Gasteiger partial charge in [0.2, 0.25) is 0 Å². The first-order valence-electron chi connectivity index (χ1n) is 4.00. The lowest BCUT2D eigenvalue weighted by Gasteiger charge is -2.08. The highest BCUT2D eigenvalue weighted by atomic mass is 19.4. The minimum atomic E-state index is -4.40. The zero-order chi connectivity index (χ0) is 10.8. The maximum Gasteiger partial charge on any atom is 0.417 e. The van der Waals surface area contributed by atoms with Crippen molar-refractivity contribution in [2.24, 2.45) is 0 Å². The highest BCUT2D eigenvalue weighted by Crippen LogP contribution is 2.29. The van der Waals surface area contributed by atoms with Crippen LogP contribution in [0.3, 0.4) is 0 Å². The molecule has 0 aliphatic carbocycles. The molecule has 1 aromatic heterocycles. The molecule has 0 spiro atoms. The Morgan fingerprint density at radius 3 is 2.57 bits per heavy atom. The molecule has 0 N–H and O–H groups in total. The third kappa shape index (κ3) is 2.10. The predicted octanol–water partition coefficient (Wildman–Crippen LogP) is 2.48. The summed E-state index contributed by atoms with van der Waals surface area (Å²) in [5.74, 6) is 0. The molecule has 0 unspecified atom stereocenters. The second-order valence-corrected chi connectivity index (χ2v) is 2.74. The number of hydrogen-bond acceptors (Lipinski definition) is 2. The Morgan fingerprint density at radius 1 is 1.50 bits per heavy atom. The Morgan fingerprint density at radius 2 is 2.14 bits per heavy atom. The van der Waals surface area contributed by atoms with Crippen LogP contribution in [0.15, 0.2) is 12.3 Å². The van der Waals surface area contributed by atoms with Gasteiger partial charge in [0.05, 0.1) is 5.56 Å². The molecule has 1 rings (SSSR count). The van der Waals surface area contributed by atoms with Gasteiger partial charge in [0.15, 0.2) is 6.29 Å². The van der Waals surface area contributed by atoms with E-state index < -0.39 is 11.7 Å². The summed E-state index contributed by atoms with van der Waals surface area (Å²) in [6.45, 7) is 1.67. The SMILES string of the molecule is CCc1cc(C(F)(F)F)cnc1C=O. The van der Waals surface area contributed by atoms with Gasteiger partial charge in [0, 0.05) is 6.20 Å². The van der Waals surface area contributed by atoms with Crippen molar-refractivity contribution < 1.29 is 18.0 Å². The topological polar surface area (TPSA) is 30.0 Å². The highest BCUT2D eigenvalue weighted by Gasteiger charge is 2.31. The number of carbonyl (C=O) groups is 1. The number of nitrogens with zero attached hydrogens (tertiary/aromatic N) is 1. The highest BCUT2D eigenvalue weighted by molar-refractivity contribution is 5.74. The lowest BCUT2D eigenvalue weighted by Crippen LogP contribution is -2.08. The van der Waals surface area contributed by atoms with Crippen molar-refractivity contribution in [2.75, 3.05) is 0 Å². The van der Waals surface area contributed by atoms with Crippen LogP contribution in [-0.4, -0.2) is 11.3 Å². The zero-order valence-corrected chi connectivity index (χ0v) is 7.43. The second kappa shape index (κ2) is 3.77. The Labute approximate surface area is 78.8 Å². The molecule has 0 saturated carbocycles. The molecule has 76 valence electrons. The summed E-state index contributed by atoms with van der Waals surface area (Å²) in [7, 11) is 0. The molecule has 0 aliphatic rings. The summed E-state index contributed by atoms with van der Waals surface area (Å²) in [6, 6.07) is 0.955. The molecular weight excluding hydrogens is 195 g/mol. The van der Waals surface area contributed by atoms with Gasteiger partial charge in [-0.1, -0.05) is 6.92 Å². The van der Waals surface area contributed by atoms with Gasteiger partial charge in [-0.3, -0.25) is 9.78 Å². The van der Waals surface area contributed by atoms with Crippen LogP contribution in [0.2, 0.25) is 0 Å². The minimum Gasteiger partial charge on any atom is -0.296 e. The van der Waals surface area contributed by atoms with Crippen molar-refractivity contribution in [1.29, 1.82) is 0 Å². The summed E-state index contributed by atoms with van der Waals surface area (Å²) in [5, 5.41) is 0. The van der Waals surface area contributed by atoms with Gasteiger partial charge in [-0.05, 0) is 18.1 Å². The van der Waals surface area contributed by atoms with E-state index in [4.69, 9.17) is 0 Å². The first kappa shape index (κ1) is 10.7. The normalized spacial score (nSPS) is 11.4. The number of rotatable bonds is 2. The fourth-order valence-electron chi connectivity index (χ4n) is 1.07. The van der Waals surface area contributed by atoms with Crippen LogP contribution in [0.5, 0.6) is 0 Å². The van der Waals surface area contributed by atoms with Gasteiger partial charge in [-0.2, -0.15) is 13.2 Å². The monoisotopic (exact) mass is 203 g/mol. The molecule has 0 bridgehead atoms. The van der Waals surface area contributed by atoms with E-state index in [-0.39, 0.29) is 5.69 Å². The number of carbonyl (C=O) groups excluding carboxylic acids is 1. The maximum atomic E-state index is 12.2. The van der Waals surface area contributed by atoms with Crippen molar-refractivity contribution in [3.63, 3.8) is 0 Å². The van der Waals surface area contributed by atoms with E-state index in [2.05, 4.69) is 4.98 Å². The summed E-state index contributed by atoms with van der Waals surface area (Å²) in [4.78, 5) is 13.8. The van der Waals surface area contributed by atoms with E-state index in [1.807, 2.05) is 0 Å². The quantitative estimate of drug-likeness (QED) is 0.691. The van der Waals surface area contributed by atoms with Crippen molar-refractivity contribution in [3.8, 4) is 0 Å². The van der Waals surface area contributed by atoms with E-state index >= 15 is 0 Å². The Balaban J connectivity index is 3.21. The van der Waals surface area contributed by atoms with Crippen molar-refractivity contribution in [2.45, 2.75) is 19.5 Å². The minimum absolute atomic E-state index is 0.0699. The summed E-state index contributed by atoms with van der Waals surface area (Å²) < 4.78 is 36.6. The molecule has 0 fully saturated rings. The molecule has 0 aromatic carbocycles. The number of halogens is 3. The average molecular weight is 203 g/mol. The van der Waals surface area contributed by atoms with Crippen LogP contribution >= 0.6 is 0 Å². The molecule has 0 radical (unpaired) electrons. The first-order chi connectivity index (χ1) is 6.49. The largest absolute Gasteiger partial charge is 0.417 e. The molecule has 1 heterocycles. The Bertz CT molecular complexity index is 346. The fraction of sp³-hybridized carbons (Fsp3) is 0.333. The summed E-state index contributed by atoms with van der Waals surface area (Å²) in [6.07, 6.45) is -2.93. The molecule has 0 atom stereocenters. The van der Waals surface area contributed by atoms with Crippen LogP contribution in [0, 0.1) is 0 Å². The number of aromatic nitrogens is 1. The number of hydrogen-bond donors (Lipinski definition) is 0. The molecule has 0 amide bonds. The maximum absolute atomic E-state index is 12.2. The van der Waals surface area contributed by atoms with Gasteiger partial charge in [0.1, 0.15) is 5.69 Å². The first-order valence-corrected chi connectivity index (χ1v) is 4.00. The molecular formula is C9H8F3NO. The van der Waals surface area contributed by atoms with Crippen LogP contribution < -0.4 is 0 Å². The van der Waals surface area contributed by atoms with Crippen molar-refractivity contribution in [1.82, 2.24) is 4.98 Å². The zero-order valence-electron chi connectivity index (χ0n) is 7.43. The van der Waals surface area contributed by atoms with E-state index in [0.29, 0.717) is 24.5 Å². The lowest BCUT2D eigenvalue weighted by molar-refractivity contribution is -0.137. The van der Waals surface area contributed by atoms with Gasteiger partial charge >= 0.3 is 6.18 Å². The average Bonchev–Trinajstić information content (AvgIpc) is 2.15. The molecule has 1 aromatic rings. The number of alkyl halides is 3. The summed E-state index contributed by atoms with van der Waals surface area (Å²) in [5.41, 5.74) is -0.435. The van der Waals surface area contributed by atoms with Crippen LogP contribution in [0.25, 0.3) is 0 Å². The van der Waals surface area contributed by atoms with Crippen molar-refractivity contribution in [3.05, 3.63) is 29.1 Å². The molecule has 14 heavy (non-hydrogen) atoms. The van der Waals surface area contributed by atoms with Gasteiger partial charge in [-0.15, -0.1) is 0 Å². The standard InChI is InChI=1S/C9H8F3NO/c1-2-6-3-7(9(10,11)12)4-13-8(6)5-14/h3-5H,2H2,1H3. The lowest BCUT2D eigenvalue weighted by atomic mass is 10.1. The smallest absolute Gasteiger partial charge is 0.296 e. The molecule has 0 aliphatic heterocycles. The fourth-order valence-corrected chi connectivity index (χ4v) is 1.07. The molecule has 2 nitrogen and oxygen atoms in total. The third-order valence-corrected chi connectivity index (χ3v) is 1.82. The van der Waals surface area contributed by atoms with E-state index in [1.165, 1.54) is 0 Å². The van der Waals surface area contributed by atoms with Crippen LogP contribution in [0.1, 0.15) is 28.5 Å². The van der Waals surface area contributed by atoms with E-state index in [9.17, 15) is 18.0 Å². The van der Waals surface area contributed by atoms with Gasteiger partial charge < -0.3 is 0 Å². The Kier molecular flexibility index (Phi) is 2.88. The van der Waals surface area contributed by atoms with Crippen LogP contribution in [-0.2, 0) is 12.6 Å². The number of aldehydes is 1. The summed E-state index contributed by atoms with van der Waals surface area (Å²) >= 11 is 0. The van der Waals surface area contributed by atoms with E-state index in [0.717, 1.165) is 6.07 Å². The molecule has 0 saturated heterocycles. The number of aryl methyl sites for hydroxylation is 1. The predicted molar refractivity (Wildman–Crippen MR) is 44.0 cm³/mol. The Hall–Kier alpha value is -1.39. The van der Waals surface area contributed by atoms with Gasteiger partial charge in [0.25, 0.3) is 0 Å². The second-order valence-electron chi connectivity index (χ2n) is 2.74. The van der Waals surface area contributed by atoms with Crippen molar-refractivity contribution >= 4 is 6.29 Å². The van der Waals surface area contributed by atoms with E-state index in [1.54, 1.807) is 6.92 Å². The van der Waals surface area contributed by atoms with Crippen LogP contribution in [0.4, 0.5) is 13.2 Å². The van der Waals surface area contributed by atoms with Gasteiger partial charge in [-0.25, -0.2) is 0 Å². The number of pyridine rings is 1. The molecule has 5 heteroatoms. The third-order valence-electron chi connectivity index (χ3n) is 1.82.